The van der Waals surface area contributed by atoms with Crippen LogP contribution in [0.1, 0.15) is 10.4 Å². The average molecular weight is 316 g/mol. The summed E-state index contributed by atoms with van der Waals surface area (Å²) >= 11 is 11.6. The Hall–Kier alpha value is -1.98. The number of carbonyl (C=O) groups is 1. The molecule has 3 N–H and O–H groups in total. The van der Waals surface area contributed by atoms with Gasteiger partial charge in [0.05, 0.1) is 15.7 Å². The van der Waals surface area contributed by atoms with Crippen molar-refractivity contribution in [3.8, 4) is 11.5 Å². The van der Waals surface area contributed by atoms with Crippen LogP contribution in [0, 0.1) is 5.82 Å². The number of nitrogen functional groups attached to an aromatic ring is 1. The summed E-state index contributed by atoms with van der Waals surface area (Å²) in [6.45, 7) is 0. The minimum atomic E-state index is -1.39. The van der Waals surface area contributed by atoms with Crippen LogP contribution in [0.3, 0.4) is 0 Å². The van der Waals surface area contributed by atoms with E-state index in [0.29, 0.717) is 5.02 Å². The molecule has 20 heavy (non-hydrogen) atoms. The summed E-state index contributed by atoms with van der Waals surface area (Å²) in [6.07, 6.45) is 0. The van der Waals surface area contributed by atoms with Gasteiger partial charge in [-0.25, -0.2) is 9.18 Å². The molecule has 0 aromatic heterocycles. The van der Waals surface area contributed by atoms with E-state index in [1.807, 2.05) is 0 Å². The second-order valence-electron chi connectivity index (χ2n) is 3.82. The Kier molecular flexibility index (Phi) is 4.01. The van der Waals surface area contributed by atoms with E-state index in [0.717, 1.165) is 6.07 Å². The van der Waals surface area contributed by atoms with Crippen molar-refractivity contribution < 1.29 is 19.0 Å². The molecule has 0 aliphatic rings. The molecule has 2 rings (SSSR count). The molecule has 0 atom stereocenters. The van der Waals surface area contributed by atoms with E-state index in [4.69, 9.17) is 38.8 Å². The molecule has 7 heteroatoms. The van der Waals surface area contributed by atoms with Crippen molar-refractivity contribution in [3.05, 3.63) is 51.8 Å². The van der Waals surface area contributed by atoms with Crippen molar-refractivity contribution in [1.82, 2.24) is 0 Å². The van der Waals surface area contributed by atoms with Crippen molar-refractivity contribution >= 4 is 34.9 Å². The Morgan fingerprint density at radius 2 is 1.90 bits per heavy atom. The summed E-state index contributed by atoms with van der Waals surface area (Å²) in [4.78, 5) is 11.1. The third-order valence-corrected chi connectivity index (χ3v) is 3.23. The number of ether oxygens (including phenoxy) is 1. The lowest BCUT2D eigenvalue weighted by atomic mass is 10.1. The van der Waals surface area contributed by atoms with Crippen LogP contribution in [0.2, 0.25) is 10.0 Å². The lowest BCUT2D eigenvalue weighted by molar-refractivity contribution is 0.0695. The van der Waals surface area contributed by atoms with E-state index >= 15 is 0 Å². The number of carboxylic acids is 1. The zero-order valence-electron chi connectivity index (χ0n) is 9.86. The third-order valence-electron chi connectivity index (χ3n) is 2.49. The van der Waals surface area contributed by atoms with Gasteiger partial charge in [0.15, 0.2) is 0 Å². The monoisotopic (exact) mass is 315 g/mol. The maximum absolute atomic E-state index is 13.3. The Morgan fingerprint density at radius 3 is 2.50 bits per heavy atom. The highest BCUT2D eigenvalue weighted by molar-refractivity contribution is 6.42. The maximum atomic E-state index is 13.3. The minimum Gasteiger partial charge on any atom is -0.477 e. The molecule has 0 radical (unpaired) electrons. The predicted octanol–water partition coefficient (Wildman–Crippen LogP) is 4.21. The molecule has 0 heterocycles. The highest BCUT2D eigenvalue weighted by Crippen LogP contribution is 2.33. The molecule has 104 valence electrons. The van der Waals surface area contributed by atoms with Crippen LogP contribution in [0.4, 0.5) is 10.1 Å². The quantitative estimate of drug-likeness (QED) is 0.832. The fourth-order valence-electron chi connectivity index (χ4n) is 1.55. The summed E-state index contributed by atoms with van der Waals surface area (Å²) in [7, 11) is 0. The van der Waals surface area contributed by atoms with Gasteiger partial charge in [-0.05, 0) is 24.3 Å². The minimum absolute atomic E-state index is 0.0882. The zero-order chi connectivity index (χ0) is 14.9. The van der Waals surface area contributed by atoms with E-state index in [2.05, 4.69) is 0 Å². The number of benzene rings is 2. The molecule has 0 saturated carbocycles. The number of hydrogen-bond donors (Lipinski definition) is 2. The SMILES string of the molecule is Nc1c(F)ccc(Oc2ccc(Cl)c(Cl)c2)c1C(=O)O. The van der Waals surface area contributed by atoms with Gasteiger partial charge >= 0.3 is 5.97 Å². The van der Waals surface area contributed by atoms with Gasteiger partial charge in [-0.15, -0.1) is 0 Å². The van der Waals surface area contributed by atoms with E-state index in [1.165, 1.54) is 24.3 Å². The number of hydrogen-bond acceptors (Lipinski definition) is 3. The smallest absolute Gasteiger partial charge is 0.341 e. The number of rotatable bonds is 3. The van der Waals surface area contributed by atoms with Crippen LogP contribution in [-0.4, -0.2) is 11.1 Å². The first kappa shape index (κ1) is 14.4. The van der Waals surface area contributed by atoms with Gasteiger partial charge in [0.2, 0.25) is 0 Å². The summed E-state index contributed by atoms with van der Waals surface area (Å²) in [6, 6.07) is 6.60. The number of carboxylic acid groups (broad SMARTS) is 1. The van der Waals surface area contributed by atoms with E-state index in [1.54, 1.807) is 0 Å². The molecular weight excluding hydrogens is 308 g/mol. The normalized spacial score (nSPS) is 10.3. The molecule has 0 unspecified atom stereocenters. The van der Waals surface area contributed by atoms with Crippen molar-refractivity contribution in [2.24, 2.45) is 0 Å². The molecule has 4 nitrogen and oxygen atoms in total. The summed E-state index contributed by atoms with van der Waals surface area (Å²) in [5.74, 6) is -2.05. The van der Waals surface area contributed by atoms with Crippen molar-refractivity contribution in [2.45, 2.75) is 0 Å². The summed E-state index contributed by atoms with van der Waals surface area (Å²) in [5.41, 5.74) is 4.47. The van der Waals surface area contributed by atoms with Crippen molar-refractivity contribution in [2.75, 3.05) is 5.73 Å². The third kappa shape index (κ3) is 2.79. The molecule has 0 saturated heterocycles. The van der Waals surface area contributed by atoms with Gasteiger partial charge in [0.1, 0.15) is 22.9 Å². The Bertz CT molecular complexity index is 692. The fourth-order valence-corrected chi connectivity index (χ4v) is 1.84. The molecule has 0 fully saturated rings. The van der Waals surface area contributed by atoms with Crippen molar-refractivity contribution in [3.63, 3.8) is 0 Å². The van der Waals surface area contributed by atoms with E-state index < -0.39 is 23.0 Å². The van der Waals surface area contributed by atoms with E-state index in [-0.39, 0.29) is 16.5 Å². The average Bonchev–Trinajstić information content (AvgIpc) is 2.38. The van der Waals surface area contributed by atoms with Gasteiger partial charge < -0.3 is 15.6 Å². The molecule has 0 bridgehead atoms. The first-order chi connectivity index (χ1) is 9.40. The maximum Gasteiger partial charge on any atom is 0.341 e. The highest BCUT2D eigenvalue weighted by Gasteiger charge is 2.19. The van der Waals surface area contributed by atoms with Gasteiger partial charge in [-0.3, -0.25) is 0 Å². The topological polar surface area (TPSA) is 72.5 Å². The molecule has 0 aliphatic heterocycles. The van der Waals surface area contributed by atoms with Crippen molar-refractivity contribution in [1.29, 1.82) is 0 Å². The predicted molar refractivity (Wildman–Crippen MR) is 74.3 cm³/mol. The summed E-state index contributed by atoms with van der Waals surface area (Å²) < 4.78 is 18.7. The van der Waals surface area contributed by atoms with Crippen LogP contribution in [0.15, 0.2) is 30.3 Å². The first-order valence-electron chi connectivity index (χ1n) is 5.34. The van der Waals surface area contributed by atoms with Crippen LogP contribution in [0.5, 0.6) is 11.5 Å². The largest absolute Gasteiger partial charge is 0.477 e. The molecule has 0 aliphatic carbocycles. The van der Waals surface area contributed by atoms with Crippen LogP contribution in [-0.2, 0) is 0 Å². The van der Waals surface area contributed by atoms with Gasteiger partial charge in [0, 0.05) is 6.07 Å². The Morgan fingerprint density at radius 1 is 1.20 bits per heavy atom. The van der Waals surface area contributed by atoms with Gasteiger partial charge in [-0.2, -0.15) is 0 Å². The first-order valence-corrected chi connectivity index (χ1v) is 6.10. The fraction of sp³-hybridized carbons (Fsp3) is 0. The highest BCUT2D eigenvalue weighted by atomic mass is 35.5. The zero-order valence-corrected chi connectivity index (χ0v) is 11.4. The standard InChI is InChI=1S/C13H8Cl2FNO3/c14-7-2-1-6(5-8(7)15)20-10-4-3-9(16)12(17)11(10)13(18)19/h1-5H,17H2,(H,18,19). The Labute approximate surface area is 123 Å². The van der Waals surface area contributed by atoms with Crippen LogP contribution >= 0.6 is 23.2 Å². The second kappa shape index (κ2) is 5.56. The number of nitrogens with two attached hydrogens (primary N) is 1. The van der Waals surface area contributed by atoms with Gasteiger partial charge in [0.25, 0.3) is 0 Å². The molecule has 2 aromatic rings. The van der Waals surface area contributed by atoms with Crippen LogP contribution in [0.25, 0.3) is 0 Å². The summed E-state index contributed by atoms with van der Waals surface area (Å²) in [5, 5.41) is 9.65. The van der Waals surface area contributed by atoms with E-state index in [9.17, 15) is 9.18 Å². The van der Waals surface area contributed by atoms with Gasteiger partial charge in [-0.1, -0.05) is 23.2 Å². The number of anilines is 1. The second-order valence-corrected chi connectivity index (χ2v) is 4.63. The molecule has 2 aromatic carbocycles. The van der Waals surface area contributed by atoms with Crippen LogP contribution < -0.4 is 10.5 Å². The molecule has 0 spiro atoms. The number of halogens is 3. The molecule has 0 amide bonds. The lowest BCUT2D eigenvalue weighted by Crippen LogP contribution is -2.07. The lowest BCUT2D eigenvalue weighted by Gasteiger charge is -2.11. The molecular formula is C13H8Cl2FNO3. The Balaban J connectivity index is 2.45. The number of aromatic carboxylic acids is 1.